The lowest BCUT2D eigenvalue weighted by atomic mass is 9.83. The molecule has 114 valence electrons. The average molecular weight is 279 g/mol. The first-order valence-electron chi connectivity index (χ1n) is 7.50. The predicted molar refractivity (Wildman–Crippen MR) is 84.2 cm³/mol. The molecule has 0 aliphatic heterocycles. The molecule has 0 spiro atoms. The minimum absolute atomic E-state index is 0.0225. The second kappa shape index (κ2) is 7.65. The van der Waals surface area contributed by atoms with Crippen molar-refractivity contribution in [3.63, 3.8) is 0 Å². The second-order valence-corrected chi connectivity index (χ2v) is 5.71. The highest BCUT2D eigenvalue weighted by Gasteiger charge is 2.26. The molecule has 0 aliphatic carbocycles. The van der Waals surface area contributed by atoms with Crippen molar-refractivity contribution in [2.45, 2.75) is 46.6 Å². The zero-order chi connectivity index (χ0) is 15.2. The molecule has 0 saturated carbocycles. The molecule has 0 bridgehead atoms. The minimum atomic E-state index is -0.0225. The van der Waals surface area contributed by atoms with Crippen LogP contribution in [0.1, 0.15) is 50.8 Å². The summed E-state index contributed by atoms with van der Waals surface area (Å²) in [5.74, 6) is 0.915. The Labute approximate surface area is 123 Å². The minimum Gasteiger partial charge on any atom is -0.496 e. The number of benzene rings is 1. The van der Waals surface area contributed by atoms with E-state index in [0.717, 1.165) is 25.1 Å². The van der Waals surface area contributed by atoms with Crippen LogP contribution in [0.25, 0.3) is 0 Å². The van der Waals surface area contributed by atoms with Crippen molar-refractivity contribution >= 4 is 0 Å². The maximum Gasteiger partial charge on any atom is 0.123 e. The van der Waals surface area contributed by atoms with Crippen LogP contribution in [0, 0.1) is 12.3 Å². The van der Waals surface area contributed by atoms with Gasteiger partial charge in [-0.15, -0.1) is 0 Å². The molecule has 0 fully saturated rings. The van der Waals surface area contributed by atoms with Gasteiger partial charge in [-0.2, -0.15) is 0 Å². The Morgan fingerprint density at radius 1 is 1.30 bits per heavy atom. The molecule has 0 saturated heterocycles. The second-order valence-electron chi connectivity index (χ2n) is 5.71. The molecule has 1 unspecified atom stereocenters. The monoisotopic (exact) mass is 279 g/mol. The summed E-state index contributed by atoms with van der Waals surface area (Å²) < 4.78 is 5.44. The number of nitrogens with one attached hydrogen (secondary N) is 1. The lowest BCUT2D eigenvalue weighted by Gasteiger charge is -2.31. The fourth-order valence-electron chi connectivity index (χ4n) is 2.45. The van der Waals surface area contributed by atoms with Gasteiger partial charge >= 0.3 is 0 Å². The van der Waals surface area contributed by atoms with E-state index in [9.17, 15) is 5.11 Å². The van der Waals surface area contributed by atoms with E-state index in [0.29, 0.717) is 0 Å². The Morgan fingerprint density at radius 3 is 2.45 bits per heavy atom. The fourth-order valence-corrected chi connectivity index (χ4v) is 2.45. The third kappa shape index (κ3) is 3.97. The molecular weight excluding hydrogens is 250 g/mol. The van der Waals surface area contributed by atoms with Crippen molar-refractivity contribution in [3.05, 3.63) is 29.3 Å². The van der Waals surface area contributed by atoms with Crippen LogP contribution in [0.2, 0.25) is 0 Å². The lowest BCUT2D eigenvalue weighted by Crippen LogP contribution is -2.37. The molecule has 1 atom stereocenters. The highest BCUT2D eigenvalue weighted by atomic mass is 16.5. The largest absolute Gasteiger partial charge is 0.496 e. The molecule has 0 aliphatic rings. The van der Waals surface area contributed by atoms with E-state index in [1.54, 1.807) is 7.11 Å². The summed E-state index contributed by atoms with van der Waals surface area (Å²) in [6.45, 7) is 9.55. The molecule has 1 aromatic rings. The van der Waals surface area contributed by atoms with Crippen LogP contribution in [0.15, 0.2) is 18.2 Å². The van der Waals surface area contributed by atoms with Gasteiger partial charge in [0.2, 0.25) is 0 Å². The quantitative estimate of drug-likeness (QED) is 0.766. The summed E-state index contributed by atoms with van der Waals surface area (Å²) >= 11 is 0. The predicted octanol–water partition coefficient (Wildman–Crippen LogP) is 3.45. The molecule has 0 heterocycles. The third-order valence-corrected chi connectivity index (χ3v) is 4.47. The van der Waals surface area contributed by atoms with Crippen LogP contribution in [0.4, 0.5) is 0 Å². The number of aryl methyl sites for hydroxylation is 1. The van der Waals surface area contributed by atoms with Gasteiger partial charge < -0.3 is 15.2 Å². The number of hydrogen-bond acceptors (Lipinski definition) is 3. The van der Waals surface area contributed by atoms with Gasteiger partial charge in [0.05, 0.1) is 7.11 Å². The maximum atomic E-state index is 9.64. The van der Waals surface area contributed by atoms with Crippen LogP contribution in [-0.2, 0) is 0 Å². The van der Waals surface area contributed by atoms with E-state index < -0.39 is 0 Å². The van der Waals surface area contributed by atoms with Crippen LogP contribution >= 0.6 is 0 Å². The molecular formula is C17H29NO2. The van der Waals surface area contributed by atoms with Gasteiger partial charge in [-0.1, -0.05) is 31.5 Å². The van der Waals surface area contributed by atoms with Crippen molar-refractivity contribution in [1.29, 1.82) is 0 Å². The Kier molecular flexibility index (Phi) is 6.50. The van der Waals surface area contributed by atoms with Crippen molar-refractivity contribution < 1.29 is 9.84 Å². The number of aliphatic hydroxyl groups excluding tert-OH is 1. The molecule has 20 heavy (non-hydrogen) atoms. The van der Waals surface area contributed by atoms with Gasteiger partial charge in [0.1, 0.15) is 5.75 Å². The highest BCUT2D eigenvalue weighted by molar-refractivity contribution is 5.38. The zero-order valence-electron chi connectivity index (χ0n) is 13.5. The van der Waals surface area contributed by atoms with Crippen molar-refractivity contribution in [1.82, 2.24) is 5.32 Å². The van der Waals surface area contributed by atoms with Gasteiger partial charge in [0, 0.05) is 30.2 Å². The standard InChI is InChI=1S/C17H29NO2/c1-6-17(7-2,12-19)11-18-14(4)15-10-13(3)8-9-16(15)20-5/h8-10,14,18-19H,6-7,11-12H2,1-5H3. The highest BCUT2D eigenvalue weighted by Crippen LogP contribution is 2.29. The smallest absolute Gasteiger partial charge is 0.123 e. The molecule has 0 radical (unpaired) electrons. The van der Waals surface area contributed by atoms with E-state index in [2.05, 4.69) is 45.1 Å². The first kappa shape index (κ1) is 17.0. The van der Waals surface area contributed by atoms with E-state index in [4.69, 9.17) is 4.74 Å². The van der Waals surface area contributed by atoms with Gasteiger partial charge in [-0.25, -0.2) is 0 Å². The summed E-state index contributed by atoms with van der Waals surface area (Å²) in [5, 5.41) is 13.2. The van der Waals surface area contributed by atoms with E-state index in [-0.39, 0.29) is 18.1 Å². The van der Waals surface area contributed by atoms with Gasteiger partial charge in [-0.3, -0.25) is 0 Å². The van der Waals surface area contributed by atoms with Crippen molar-refractivity contribution in [2.24, 2.45) is 5.41 Å². The fraction of sp³-hybridized carbons (Fsp3) is 0.647. The molecule has 1 rings (SSSR count). The number of ether oxygens (including phenoxy) is 1. The van der Waals surface area contributed by atoms with Crippen molar-refractivity contribution in [2.75, 3.05) is 20.3 Å². The van der Waals surface area contributed by atoms with Crippen LogP contribution in [0.3, 0.4) is 0 Å². The Morgan fingerprint density at radius 2 is 1.95 bits per heavy atom. The SMILES string of the molecule is CCC(CC)(CO)CNC(C)c1cc(C)ccc1OC. The maximum absolute atomic E-state index is 9.64. The van der Waals surface area contributed by atoms with Crippen LogP contribution < -0.4 is 10.1 Å². The van der Waals surface area contributed by atoms with E-state index >= 15 is 0 Å². The van der Waals surface area contributed by atoms with Gasteiger partial charge in [0.15, 0.2) is 0 Å². The zero-order valence-corrected chi connectivity index (χ0v) is 13.5. The van der Waals surface area contributed by atoms with Crippen LogP contribution in [-0.4, -0.2) is 25.4 Å². The first-order valence-corrected chi connectivity index (χ1v) is 7.50. The lowest BCUT2D eigenvalue weighted by molar-refractivity contribution is 0.110. The number of methoxy groups -OCH3 is 1. The number of rotatable bonds is 8. The summed E-state index contributed by atoms with van der Waals surface area (Å²) in [4.78, 5) is 0. The molecule has 0 amide bonds. The molecule has 2 N–H and O–H groups in total. The summed E-state index contributed by atoms with van der Waals surface area (Å²) in [6.07, 6.45) is 1.95. The van der Waals surface area contributed by atoms with Gasteiger partial charge in [0.25, 0.3) is 0 Å². The summed E-state index contributed by atoms with van der Waals surface area (Å²) in [7, 11) is 1.71. The van der Waals surface area contributed by atoms with E-state index in [1.165, 1.54) is 11.1 Å². The Hall–Kier alpha value is -1.06. The molecule has 3 heteroatoms. The number of hydrogen-bond donors (Lipinski definition) is 2. The molecule has 0 aromatic heterocycles. The molecule has 3 nitrogen and oxygen atoms in total. The van der Waals surface area contributed by atoms with Gasteiger partial charge in [-0.05, 0) is 32.8 Å². The normalized spacial score (nSPS) is 13.3. The first-order chi connectivity index (χ1) is 9.51. The van der Waals surface area contributed by atoms with E-state index in [1.807, 2.05) is 6.07 Å². The summed E-state index contributed by atoms with van der Waals surface area (Å²) in [5.41, 5.74) is 2.38. The van der Waals surface area contributed by atoms with Crippen LogP contribution in [0.5, 0.6) is 5.75 Å². The Bertz CT molecular complexity index is 405. The average Bonchev–Trinajstić information content (AvgIpc) is 2.49. The Balaban J connectivity index is 2.81. The van der Waals surface area contributed by atoms with Crippen molar-refractivity contribution in [3.8, 4) is 5.75 Å². The topological polar surface area (TPSA) is 41.5 Å². The summed E-state index contributed by atoms with van der Waals surface area (Å²) in [6, 6.07) is 6.44. The molecule has 1 aromatic carbocycles. The third-order valence-electron chi connectivity index (χ3n) is 4.47. The number of aliphatic hydroxyl groups is 1.